The molecule has 1 heterocycles. The van der Waals surface area contributed by atoms with E-state index >= 15 is 0 Å². The highest BCUT2D eigenvalue weighted by molar-refractivity contribution is 7.03. The van der Waals surface area contributed by atoms with Gasteiger partial charge in [0.15, 0.2) is 0 Å². The second-order valence-electron chi connectivity index (χ2n) is 5.35. The third-order valence-corrected chi connectivity index (χ3v) is 4.16. The monoisotopic (exact) mass is 354 g/mol. The van der Waals surface area contributed by atoms with Gasteiger partial charge in [0.05, 0.1) is 7.11 Å². The number of benzene rings is 2. The highest BCUT2D eigenvalue weighted by atomic mass is 32.1. The molecule has 2 N–H and O–H groups in total. The number of anilines is 1. The van der Waals surface area contributed by atoms with Crippen molar-refractivity contribution in [1.82, 2.24) is 14.9 Å². The van der Waals surface area contributed by atoms with Gasteiger partial charge < -0.3 is 15.4 Å². The fourth-order valence-corrected chi connectivity index (χ4v) is 2.77. The minimum atomic E-state index is -0.225. The van der Waals surface area contributed by atoms with Crippen LogP contribution in [-0.2, 0) is 6.42 Å². The summed E-state index contributed by atoms with van der Waals surface area (Å²) in [5, 5.41) is 11.6. The van der Waals surface area contributed by atoms with Crippen LogP contribution < -0.4 is 15.4 Å². The van der Waals surface area contributed by atoms with Gasteiger partial charge in [0.2, 0.25) is 0 Å². The lowest BCUT2D eigenvalue weighted by Gasteiger charge is -2.08. The van der Waals surface area contributed by atoms with Gasteiger partial charge in [-0.1, -0.05) is 28.8 Å². The normalized spacial score (nSPS) is 10.3. The van der Waals surface area contributed by atoms with E-state index in [1.54, 1.807) is 7.11 Å². The van der Waals surface area contributed by atoms with Crippen LogP contribution in [0.4, 0.5) is 10.5 Å². The smallest absolute Gasteiger partial charge is 0.319 e. The summed E-state index contributed by atoms with van der Waals surface area (Å²) >= 11 is 1.31. The molecule has 1 aromatic heterocycles. The summed E-state index contributed by atoms with van der Waals surface area (Å²) in [5.41, 5.74) is 3.68. The summed E-state index contributed by atoms with van der Waals surface area (Å²) in [4.78, 5) is 12.0. The number of hydrogen-bond donors (Lipinski definition) is 2. The highest BCUT2D eigenvalue weighted by Crippen LogP contribution is 2.20. The molecule has 3 aromatic rings. The summed E-state index contributed by atoms with van der Waals surface area (Å²) < 4.78 is 8.97. The molecule has 0 radical (unpaired) electrons. The third kappa shape index (κ3) is 4.77. The maximum atomic E-state index is 12.0. The lowest BCUT2D eigenvalue weighted by Crippen LogP contribution is -2.30. The minimum absolute atomic E-state index is 0.225. The first-order valence-corrected chi connectivity index (χ1v) is 8.63. The largest absolute Gasteiger partial charge is 0.497 e. The van der Waals surface area contributed by atoms with E-state index in [0.29, 0.717) is 6.54 Å². The Morgan fingerprint density at radius 3 is 2.52 bits per heavy atom. The molecule has 0 bridgehead atoms. The quantitative estimate of drug-likeness (QED) is 0.709. The van der Waals surface area contributed by atoms with E-state index in [2.05, 4.69) is 20.2 Å². The number of carbonyl (C=O) groups excluding carboxylic acids is 1. The number of carbonyl (C=O) groups is 1. The summed E-state index contributed by atoms with van der Waals surface area (Å²) in [7, 11) is 1.64. The topological polar surface area (TPSA) is 76.1 Å². The van der Waals surface area contributed by atoms with E-state index in [-0.39, 0.29) is 6.03 Å². The summed E-state index contributed by atoms with van der Waals surface area (Å²) in [6.07, 6.45) is 0.757. The molecule has 0 aliphatic heterocycles. The van der Waals surface area contributed by atoms with Gasteiger partial charge in [0, 0.05) is 23.2 Å². The van der Waals surface area contributed by atoms with Gasteiger partial charge in [-0.05, 0) is 47.8 Å². The van der Waals surface area contributed by atoms with E-state index in [0.717, 1.165) is 34.7 Å². The average Bonchev–Trinajstić information content (AvgIpc) is 3.18. The van der Waals surface area contributed by atoms with Crippen molar-refractivity contribution in [3.8, 4) is 17.0 Å². The van der Waals surface area contributed by atoms with Crippen LogP contribution in [0.2, 0.25) is 0 Å². The summed E-state index contributed by atoms with van der Waals surface area (Å²) in [5.74, 6) is 0.825. The van der Waals surface area contributed by atoms with Crippen molar-refractivity contribution in [3.05, 3.63) is 59.5 Å². The molecule has 0 saturated carbocycles. The van der Waals surface area contributed by atoms with Gasteiger partial charge in [-0.25, -0.2) is 4.79 Å². The maximum absolute atomic E-state index is 12.0. The standard InChI is InChI=1S/C18H18N4O2S/c1-24-16-8-2-13(3-9-16)10-11-19-18(23)20-15-6-4-14(5-7-15)17-12-25-22-21-17/h2-9,12H,10-11H2,1H3,(H2,19,20,23). The van der Waals surface area contributed by atoms with Gasteiger partial charge >= 0.3 is 6.03 Å². The lowest BCUT2D eigenvalue weighted by molar-refractivity contribution is 0.252. The molecule has 0 unspecified atom stereocenters. The third-order valence-electron chi connectivity index (χ3n) is 3.66. The van der Waals surface area contributed by atoms with Crippen LogP contribution in [0.3, 0.4) is 0 Å². The molecule has 2 aromatic carbocycles. The van der Waals surface area contributed by atoms with Crippen molar-refractivity contribution in [2.45, 2.75) is 6.42 Å². The zero-order valence-corrected chi connectivity index (χ0v) is 14.5. The molecule has 3 rings (SSSR count). The van der Waals surface area contributed by atoms with E-state index in [4.69, 9.17) is 4.74 Å². The number of ether oxygens (including phenoxy) is 1. The Morgan fingerprint density at radius 1 is 1.12 bits per heavy atom. The predicted octanol–water partition coefficient (Wildman–Crippen LogP) is 3.58. The Labute approximate surface area is 150 Å². The Bertz CT molecular complexity index is 802. The number of methoxy groups -OCH3 is 1. The molecule has 7 heteroatoms. The lowest BCUT2D eigenvalue weighted by atomic mass is 10.1. The molecule has 128 valence electrons. The Hall–Kier alpha value is -2.93. The van der Waals surface area contributed by atoms with Crippen LogP contribution in [-0.4, -0.2) is 29.3 Å². The second kappa shape index (κ2) is 8.25. The molecular formula is C18H18N4O2S. The predicted molar refractivity (Wildman–Crippen MR) is 99.1 cm³/mol. The van der Waals surface area contributed by atoms with Crippen LogP contribution in [0.1, 0.15) is 5.56 Å². The fraction of sp³-hybridized carbons (Fsp3) is 0.167. The number of aromatic nitrogens is 2. The van der Waals surface area contributed by atoms with Crippen molar-refractivity contribution < 1.29 is 9.53 Å². The first kappa shape index (κ1) is 16.9. The van der Waals surface area contributed by atoms with Gasteiger partial charge in [-0.3, -0.25) is 0 Å². The Balaban J connectivity index is 1.45. The zero-order valence-electron chi connectivity index (χ0n) is 13.7. The number of urea groups is 1. The Morgan fingerprint density at radius 2 is 1.88 bits per heavy atom. The molecule has 0 spiro atoms. The van der Waals surface area contributed by atoms with Gasteiger partial charge in [0.1, 0.15) is 11.4 Å². The van der Waals surface area contributed by atoms with Crippen molar-refractivity contribution in [3.63, 3.8) is 0 Å². The molecule has 25 heavy (non-hydrogen) atoms. The van der Waals surface area contributed by atoms with Gasteiger partial charge in [0.25, 0.3) is 0 Å². The van der Waals surface area contributed by atoms with Crippen LogP contribution >= 0.6 is 11.5 Å². The van der Waals surface area contributed by atoms with Crippen LogP contribution in [0.25, 0.3) is 11.3 Å². The number of amides is 2. The molecule has 6 nitrogen and oxygen atoms in total. The first-order chi connectivity index (χ1) is 12.2. The number of nitrogens with one attached hydrogen (secondary N) is 2. The molecular weight excluding hydrogens is 336 g/mol. The molecule has 0 aliphatic carbocycles. The van der Waals surface area contributed by atoms with E-state index in [9.17, 15) is 4.79 Å². The van der Waals surface area contributed by atoms with Crippen LogP contribution in [0.5, 0.6) is 5.75 Å². The number of nitrogens with zero attached hydrogens (tertiary/aromatic N) is 2. The first-order valence-electron chi connectivity index (χ1n) is 7.80. The van der Waals surface area contributed by atoms with Crippen LogP contribution in [0, 0.1) is 0 Å². The Kier molecular flexibility index (Phi) is 5.58. The SMILES string of the molecule is COc1ccc(CCNC(=O)Nc2ccc(-c3csnn3)cc2)cc1. The fourth-order valence-electron chi connectivity index (χ4n) is 2.30. The summed E-state index contributed by atoms with van der Waals surface area (Å²) in [6.45, 7) is 0.556. The van der Waals surface area contributed by atoms with Crippen molar-refractivity contribution >= 4 is 23.3 Å². The minimum Gasteiger partial charge on any atom is -0.497 e. The van der Waals surface area contributed by atoms with E-state index < -0.39 is 0 Å². The number of hydrogen-bond acceptors (Lipinski definition) is 5. The maximum Gasteiger partial charge on any atom is 0.319 e. The molecule has 0 fully saturated rings. The highest BCUT2D eigenvalue weighted by Gasteiger charge is 2.04. The van der Waals surface area contributed by atoms with Crippen LogP contribution in [0.15, 0.2) is 53.9 Å². The van der Waals surface area contributed by atoms with Crippen molar-refractivity contribution in [1.29, 1.82) is 0 Å². The summed E-state index contributed by atoms with van der Waals surface area (Å²) in [6, 6.07) is 15.1. The van der Waals surface area contributed by atoms with E-state index in [1.807, 2.05) is 53.9 Å². The molecule has 0 saturated heterocycles. The second-order valence-corrected chi connectivity index (χ2v) is 5.96. The van der Waals surface area contributed by atoms with Crippen molar-refractivity contribution in [2.24, 2.45) is 0 Å². The van der Waals surface area contributed by atoms with Gasteiger partial charge in [-0.15, -0.1) is 5.10 Å². The molecule has 0 atom stereocenters. The molecule has 2 amide bonds. The van der Waals surface area contributed by atoms with E-state index in [1.165, 1.54) is 11.5 Å². The van der Waals surface area contributed by atoms with Crippen molar-refractivity contribution in [2.75, 3.05) is 19.0 Å². The van der Waals surface area contributed by atoms with Gasteiger partial charge in [-0.2, -0.15) is 0 Å². The average molecular weight is 354 g/mol. The number of rotatable bonds is 6. The molecule has 0 aliphatic rings. The zero-order chi connectivity index (χ0) is 17.5.